The Hall–Kier alpha value is -3.15. The van der Waals surface area contributed by atoms with Gasteiger partial charge in [-0.1, -0.05) is 35.9 Å². The molecule has 0 radical (unpaired) electrons. The van der Waals surface area contributed by atoms with E-state index in [2.05, 4.69) is 22.0 Å². The summed E-state index contributed by atoms with van der Waals surface area (Å²) in [6.45, 7) is 2.81. The highest BCUT2D eigenvalue weighted by molar-refractivity contribution is 6.31. The van der Waals surface area contributed by atoms with Crippen LogP contribution in [0, 0.1) is 11.3 Å². The topological polar surface area (TPSA) is 87.8 Å². The number of halogens is 1. The summed E-state index contributed by atoms with van der Waals surface area (Å²) in [5, 5.41) is 20.9. The zero-order chi connectivity index (χ0) is 26.3. The van der Waals surface area contributed by atoms with Crippen molar-refractivity contribution in [2.45, 2.75) is 50.6 Å². The van der Waals surface area contributed by atoms with E-state index >= 15 is 0 Å². The predicted molar refractivity (Wildman–Crippen MR) is 145 cm³/mol. The summed E-state index contributed by atoms with van der Waals surface area (Å²) in [6.07, 6.45) is 5.32. The van der Waals surface area contributed by atoms with Gasteiger partial charge in [-0.3, -0.25) is 0 Å². The molecule has 0 aliphatic carbocycles. The summed E-state index contributed by atoms with van der Waals surface area (Å²) >= 11 is 6.25. The van der Waals surface area contributed by atoms with Crippen LogP contribution >= 0.6 is 11.6 Å². The Morgan fingerprint density at radius 1 is 1.13 bits per heavy atom. The molecule has 2 saturated heterocycles. The van der Waals surface area contributed by atoms with Crippen molar-refractivity contribution in [2.75, 3.05) is 31.2 Å². The number of hydrogen-bond donors (Lipinski definition) is 1. The van der Waals surface area contributed by atoms with Crippen LogP contribution in [-0.4, -0.2) is 48.8 Å². The Bertz CT molecular complexity index is 1270. The second kappa shape index (κ2) is 12.6. The molecule has 3 atom stereocenters. The fourth-order valence-corrected chi connectivity index (χ4v) is 5.22. The zero-order valence-corrected chi connectivity index (χ0v) is 22.0. The molecule has 8 heteroatoms. The maximum absolute atomic E-state index is 11.1. The lowest BCUT2D eigenvalue weighted by atomic mass is 9.96. The summed E-state index contributed by atoms with van der Waals surface area (Å²) < 4.78 is 17.9. The van der Waals surface area contributed by atoms with E-state index in [0.29, 0.717) is 41.6 Å². The van der Waals surface area contributed by atoms with E-state index in [1.165, 1.54) is 0 Å². The van der Waals surface area contributed by atoms with E-state index in [-0.39, 0.29) is 12.4 Å². The lowest BCUT2D eigenvalue weighted by Crippen LogP contribution is -2.26. The second-order valence-electron chi connectivity index (χ2n) is 9.71. The Labute approximate surface area is 228 Å². The molecule has 2 unspecified atom stereocenters. The predicted octanol–water partition coefficient (Wildman–Crippen LogP) is 5.43. The van der Waals surface area contributed by atoms with Gasteiger partial charge in [-0.25, -0.2) is 4.98 Å². The van der Waals surface area contributed by atoms with E-state index in [9.17, 15) is 10.4 Å². The normalized spacial score (nSPS) is 20.2. The Balaban J connectivity index is 1.34. The molecule has 1 N–H and O–H groups in total. The Morgan fingerprint density at radius 2 is 2.03 bits per heavy atom. The van der Waals surface area contributed by atoms with Crippen LogP contribution < -0.4 is 9.64 Å². The minimum absolute atomic E-state index is 0.0267. The molecule has 0 bridgehead atoms. The molecule has 0 spiro atoms. The molecule has 0 saturated carbocycles. The van der Waals surface area contributed by atoms with Crippen molar-refractivity contribution in [3.8, 4) is 11.9 Å². The maximum Gasteiger partial charge on any atom is 0.232 e. The summed E-state index contributed by atoms with van der Waals surface area (Å²) in [4.78, 5) is 6.57. The number of aliphatic hydroxyl groups excluding tert-OH is 1. The van der Waals surface area contributed by atoms with Gasteiger partial charge >= 0.3 is 0 Å². The molecule has 2 fully saturated rings. The van der Waals surface area contributed by atoms with E-state index in [4.69, 9.17) is 25.8 Å². The van der Waals surface area contributed by atoms with Crippen molar-refractivity contribution >= 4 is 17.3 Å². The first-order valence-corrected chi connectivity index (χ1v) is 13.5. The van der Waals surface area contributed by atoms with E-state index < -0.39 is 6.10 Å². The number of nitrogens with zero attached hydrogens (tertiary/aromatic N) is 3. The molecule has 2 aromatic carbocycles. The highest BCUT2D eigenvalue weighted by Crippen LogP contribution is 2.32. The summed E-state index contributed by atoms with van der Waals surface area (Å²) in [6, 6.07) is 18.9. The SMILES string of the molecule is N#Cc1cccc(C(O)c2ccc(N3CC[C@H](Oc4ncccc4Cl)C3)c(CCOC3CCCCO3)c2)c1. The smallest absolute Gasteiger partial charge is 0.232 e. The van der Waals surface area contributed by atoms with Gasteiger partial charge in [-0.05, 0) is 72.7 Å². The highest BCUT2D eigenvalue weighted by Gasteiger charge is 2.27. The van der Waals surface area contributed by atoms with Gasteiger partial charge in [0.2, 0.25) is 5.88 Å². The van der Waals surface area contributed by atoms with E-state index in [1.54, 1.807) is 36.5 Å². The molecule has 2 aliphatic rings. The summed E-state index contributed by atoms with van der Waals surface area (Å²) in [5.41, 5.74) is 4.18. The van der Waals surface area contributed by atoms with Crippen LogP contribution in [0.3, 0.4) is 0 Å². The van der Waals surface area contributed by atoms with Gasteiger partial charge in [0.25, 0.3) is 0 Å². The lowest BCUT2D eigenvalue weighted by Gasteiger charge is -2.25. The van der Waals surface area contributed by atoms with Gasteiger partial charge in [0, 0.05) is 31.5 Å². The molecule has 3 aromatic rings. The van der Waals surface area contributed by atoms with E-state index in [1.807, 2.05) is 18.2 Å². The molecular formula is C30H32ClN3O4. The molecule has 5 rings (SSSR count). The van der Waals surface area contributed by atoms with Gasteiger partial charge in [0.1, 0.15) is 17.2 Å². The second-order valence-corrected chi connectivity index (χ2v) is 10.1. The first kappa shape index (κ1) is 26.5. The maximum atomic E-state index is 11.1. The largest absolute Gasteiger partial charge is 0.471 e. The molecule has 1 aromatic heterocycles. The van der Waals surface area contributed by atoms with Crippen LogP contribution in [0.2, 0.25) is 5.02 Å². The van der Waals surface area contributed by atoms with Crippen molar-refractivity contribution < 1.29 is 19.3 Å². The van der Waals surface area contributed by atoms with Crippen molar-refractivity contribution in [1.82, 2.24) is 4.98 Å². The average molecular weight is 534 g/mol. The average Bonchev–Trinajstić information content (AvgIpc) is 3.42. The van der Waals surface area contributed by atoms with Crippen molar-refractivity contribution in [3.05, 3.63) is 88.1 Å². The monoisotopic (exact) mass is 533 g/mol. The summed E-state index contributed by atoms with van der Waals surface area (Å²) in [7, 11) is 0. The van der Waals surface area contributed by atoms with Gasteiger partial charge in [-0.15, -0.1) is 0 Å². The third-order valence-electron chi connectivity index (χ3n) is 7.05. The number of rotatable bonds is 9. The van der Waals surface area contributed by atoms with Crippen LogP contribution in [0.1, 0.15) is 54.0 Å². The number of anilines is 1. The fourth-order valence-electron chi connectivity index (χ4n) is 5.06. The van der Waals surface area contributed by atoms with Crippen LogP contribution in [-0.2, 0) is 15.9 Å². The molecule has 0 amide bonds. The molecule has 3 heterocycles. The Kier molecular flexibility index (Phi) is 8.77. The minimum Gasteiger partial charge on any atom is -0.471 e. The van der Waals surface area contributed by atoms with Crippen LogP contribution in [0.5, 0.6) is 5.88 Å². The third kappa shape index (κ3) is 6.46. The standard InChI is InChI=1S/C30H32ClN3O4/c31-26-7-4-13-33-30(26)38-25-11-14-34(20-25)27-10-9-24(29(35)23-6-3-5-21(17-23)19-32)18-22(27)12-16-37-28-8-1-2-15-36-28/h3-7,9-10,13,17-18,25,28-29,35H,1-2,8,11-12,14-16,20H2/t25-,28?,29?/m0/s1. The highest BCUT2D eigenvalue weighted by atomic mass is 35.5. The number of pyridine rings is 1. The number of hydrogen-bond acceptors (Lipinski definition) is 7. The fraction of sp³-hybridized carbons (Fsp3) is 0.400. The van der Waals surface area contributed by atoms with Crippen molar-refractivity contribution in [2.24, 2.45) is 0 Å². The van der Waals surface area contributed by atoms with Crippen LogP contribution in [0.4, 0.5) is 5.69 Å². The Morgan fingerprint density at radius 3 is 2.84 bits per heavy atom. The first-order chi connectivity index (χ1) is 18.6. The lowest BCUT2D eigenvalue weighted by molar-refractivity contribution is -0.161. The van der Waals surface area contributed by atoms with Crippen molar-refractivity contribution in [1.29, 1.82) is 5.26 Å². The molecule has 198 valence electrons. The first-order valence-electron chi connectivity index (χ1n) is 13.2. The van der Waals surface area contributed by atoms with Gasteiger partial charge in [-0.2, -0.15) is 5.26 Å². The quantitative estimate of drug-likeness (QED) is 0.392. The molecular weight excluding hydrogens is 502 g/mol. The van der Waals surface area contributed by atoms with Gasteiger partial charge in [0.15, 0.2) is 6.29 Å². The molecule has 7 nitrogen and oxygen atoms in total. The number of benzene rings is 2. The molecule has 38 heavy (non-hydrogen) atoms. The van der Waals surface area contributed by atoms with Crippen LogP contribution in [0.25, 0.3) is 0 Å². The van der Waals surface area contributed by atoms with Crippen LogP contribution in [0.15, 0.2) is 60.8 Å². The third-order valence-corrected chi connectivity index (χ3v) is 7.34. The number of ether oxygens (including phenoxy) is 3. The van der Waals surface area contributed by atoms with E-state index in [0.717, 1.165) is 55.6 Å². The number of aromatic nitrogens is 1. The van der Waals surface area contributed by atoms with Crippen molar-refractivity contribution in [3.63, 3.8) is 0 Å². The zero-order valence-electron chi connectivity index (χ0n) is 21.3. The van der Waals surface area contributed by atoms with Gasteiger partial charge < -0.3 is 24.2 Å². The van der Waals surface area contributed by atoms with Gasteiger partial charge in [0.05, 0.1) is 24.8 Å². The minimum atomic E-state index is -0.834. The summed E-state index contributed by atoms with van der Waals surface area (Å²) in [5.74, 6) is 0.459. The number of aliphatic hydroxyl groups is 1. The number of nitriles is 1. The molecule has 2 aliphatic heterocycles.